The zero-order valence-electron chi connectivity index (χ0n) is 17.3. The highest BCUT2D eigenvalue weighted by molar-refractivity contribution is 7.89. The van der Waals surface area contributed by atoms with Gasteiger partial charge in [-0.1, -0.05) is 11.3 Å². The quantitative estimate of drug-likeness (QED) is 0.509. The van der Waals surface area contributed by atoms with Gasteiger partial charge in [0.05, 0.1) is 41.5 Å². The van der Waals surface area contributed by atoms with E-state index in [9.17, 15) is 13.2 Å². The summed E-state index contributed by atoms with van der Waals surface area (Å²) in [5, 5.41) is 5.25. The number of hydrogen-bond donors (Lipinski definition) is 1. The number of nitrogens with zero attached hydrogens (tertiary/aromatic N) is 2. The number of benzene rings is 2. The van der Waals surface area contributed by atoms with Crippen LogP contribution < -0.4 is 19.4 Å². The summed E-state index contributed by atoms with van der Waals surface area (Å²) in [6, 6.07) is 9.39. The van der Waals surface area contributed by atoms with E-state index in [1.165, 1.54) is 37.7 Å². The number of rotatable bonds is 8. The molecule has 0 saturated heterocycles. The standard InChI is InChI=1S/C20H23N3O6S2/c1-4-29-10-9-23-16-8-6-14(31(21,25)26)12-18(16)30-20(23)22-19(24)15-7-5-13(27-2)11-17(15)28-3/h5-8,11-12H,4,9-10H2,1-3H3,(H2,21,25,26). The third-order valence-electron chi connectivity index (χ3n) is 4.48. The maximum Gasteiger partial charge on any atom is 0.283 e. The Balaban J connectivity index is 2.13. The maximum atomic E-state index is 12.9. The third-order valence-corrected chi connectivity index (χ3v) is 6.43. The van der Waals surface area contributed by atoms with Crippen molar-refractivity contribution in [2.24, 2.45) is 10.1 Å². The summed E-state index contributed by atoms with van der Waals surface area (Å²) in [7, 11) is -0.871. The van der Waals surface area contributed by atoms with Crippen molar-refractivity contribution in [2.45, 2.75) is 18.4 Å². The molecule has 3 aromatic rings. The minimum absolute atomic E-state index is 0.00657. The van der Waals surface area contributed by atoms with Crippen LogP contribution >= 0.6 is 11.3 Å². The second-order valence-corrected chi connectivity index (χ2v) is 8.96. The number of thiazole rings is 1. The molecule has 2 aromatic carbocycles. The van der Waals surface area contributed by atoms with E-state index in [4.69, 9.17) is 19.3 Å². The summed E-state index contributed by atoms with van der Waals surface area (Å²) < 4.78 is 41.8. The second kappa shape index (κ2) is 9.60. The van der Waals surface area contributed by atoms with Crippen LogP contribution in [0.5, 0.6) is 11.5 Å². The molecule has 166 valence electrons. The number of carbonyl (C=O) groups is 1. The molecule has 0 atom stereocenters. The lowest BCUT2D eigenvalue weighted by Crippen LogP contribution is -2.20. The fourth-order valence-corrected chi connectivity index (χ4v) is 4.66. The van der Waals surface area contributed by atoms with Crippen molar-refractivity contribution < 1.29 is 27.4 Å². The molecule has 0 aliphatic carbocycles. The van der Waals surface area contributed by atoms with Crippen molar-refractivity contribution in [3.63, 3.8) is 0 Å². The fraction of sp³-hybridized carbons (Fsp3) is 0.300. The highest BCUT2D eigenvalue weighted by atomic mass is 32.2. The van der Waals surface area contributed by atoms with Crippen LogP contribution in [0.25, 0.3) is 10.2 Å². The molecule has 11 heteroatoms. The van der Waals surface area contributed by atoms with Gasteiger partial charge in [0.2, 0.25) is 10.0 Å². The molecule has 2 N–H and O–H groups in total. The number of fused-ring (bicyclic) bond motifs is 1. The van der Waals surface area contributed by atoms with Gasteiger partial charge >= 0.3 is 0 Å². The van der Waals surface area contributed by atoms with Crippen molar-refractivity contribution in [2.75, 3.05) is 27.4 Å². The normalized spacial score (nSPS) is 12.3. The van der Waals surface area contributed by atoms with E-state index in [1.807, 2.05) is 11.5 Å². The smallest absolute Gasteiger partial charge is 0.283 e. The van der Waals surface area contributed by atoms with Crippen LogP contribution in [0, 0.1) is 0 Å². The number of aromatic nitrogens is 1. The molecule has 0 spiro atoms. The van der Waals surface area contributed by atoms with Crippen molar-refractivity contribution in [3.05, 3.63) is 46.8 Å². The van der Waals surface area contributed by atoms with Crippen LogP contribution in [0.15, 0.2) is 46.3 Å². The van der Waals surface area contributed by atoms with Crippen molar-refractivity contribution in [3.8, 4) is 11.5 Å². The third kappa shape index (κ3) is 5.13. The first-order valence-electron chi connectivity index (χ1n) is 9.33. The topological polar surface area (TPSA) is 122 Å². The number of hydrogen-bond acceptors (Lipinski definition) is 7. The van der Waals surface area contributed by atoms with Gasteiger partial charge in [-0.2, -0.15) is 4.99 Å². The lowest BCUT2D eigenvalue weighted by molar-refractivity contribution is 0.0993. The molecule has 3 rings (SSSR count). The monoisotopic (exact) mass is 465 g/mol. The first-order valence-corrected chi connectivity index (χ1v) is 11.7. The highest BCUT2D eigenvalue weighted by Crippen LogP contribution is 2.26. The van der Waals surface area contributed by atoms with Gasteiger partial charge in [-0.3, -0.25) is 4.79 Å². The molecule has 0 radical (unpaired) electrons. The maximum absolute atomic E-state index is 12.9. The van der Waals surface area contributed by atoms with E-state index >= 15 is 0 Å². The molecule has 0 saturated carbocycles. The largest absolute Gasteiger partial charge is 0.497 e. The zero-order chi connectivity index (χ0) is 22.6. The Morgan fingerprint density at radius 1 is 1.16 bits per heavy atom. The fourth-order valence-electron chi connectivity index (χ4n) is 2.95. The number of sulfonamides is 1. The Labute approximate surface area is 183 Å². The van der Waals surface area contributed by atoms with Crippen molar-refractivity contribution in [1.82, 2.24) is 4.57 Å². The Morgan fingerprint density at radius 2 is 1.94 bits per heavy atom. The number of methoxy groups -OCH3 is 2. The first-order chi connectivity index (χ1) is 14.8. The lowest BCUT2D eigenvalue weighted by atomic mass is 10.2. The molecular formula is C20H23N3O6S2. The number of primary sulfonamides is 1. The Hall–Kier alpha value is -2.73. The zero-order valence-corrected chi connectivity index (χ0v) is 19.0. The van der Waals surface area contributed by atoms with Crippen LogP contribution in [0.1, 0.15) is 17.3 Å². The van der Waals surface area contributed by atoms with Crippen LogP contribution in [0.3, 0.4) is 0 Å². The summed E-state index contributed by atoms with van der Waals surface area (Å²) >= 11 is 1.19. The minimum atomic E-state index is -3.85. The van der Waals surface area contributed by atoms with Crippen molar-refractivity contribution >= 4 is 37.5 Å². The molecule has 1 aromatic heterocycles. The molecule has 0 fully saturated rings. The molecule has 1 heterocycles. The van der Waals surface area contributed by atoms with Crippen molar-refractivity contribution in [1.29, 1.82) is 0 Å². The van der Waals surface area contributed by atoms with Gasteiger partial charge in [-0.05, 0) is 37.3 Å². The van der Waals surface area contributed by atoms with Gasteiger partial charge in [-0.25, -0.2) is 13.6 Å². The SMILES string of the molecule is CCOCCn1c(=NC(=O)c2ccc(OC)cc2OC)sc2cc(S(N)(=O)=O)ccc21. The van der Waals surface area contributed by atoms with Crippen LogP contribution in [0.2, 0.25) is 0 Å². The highest BCUT2D eigenvalue weighted by Gasteiger charge is 2.16. The molecule has 1 amide bonds. The lowest BCUT2D eigenvalue weighted by Gasteiger charge is -2.08. The number of nitrogens with two attached hydrogens (primary N) is 1. The van der Waals surface area contributed by atoms with E-state index in [0.717, 1.165) is 5.52 Å². The average molecular weight is 466 g/mol. The summed E-state index contributed by atoms with van der Waals surface area (Å²) in [5.74, 6) is 0.395. The summed E-state index contributed by atoms with van der Waals surface area (Å²) in [6.07, 6.45) is 0. The molecule has 0 aliphatic rings. The minimum Gasteiger partial charge on any atom is -0.497 e. The Bertz CT molecular complexity index is 1280. The van der Waals surface area contributed by atoms with Crippen LogP contribution in [-0.4, -0.2) is 46.3 Å². The molecule has 9 nitrogen and oxygen atoms in total. The van der Waals surface area contributed by atoms with E-state index in [2.05, 4.69) is 4.99 Å². The van der Waals surface area contributed by atoms with Crippen LogP contribution in [0.4, 0.5) is 0 Å². The van der Waals surface area contributed by atoms with Gasteiger partial charge in [0.25, 0.3) is 5.91 Å². The average Bonchev–Trinajstić information content (AvgIpc) is 3.09. The molecular weight excluding hydrogens is 442 g/mol. The van der Waals surface area contributed by atoms with Gasteiger partial charge in [0.15, 0.2) is 4.80 Å². The predicted octanol–water partition coefficient (Wildman–Crippen LogP) is 2.14. The summed E-state index contributed by atoms with van der Waals surface area (Å²) in [4.78, 5) is 17.6. The number of ether oxygens (including phenoxy) is 3. The number of amides is 1. The first kappa shape index (κ1) is 22.9. The molecule has 0 aliphatic heterocycles. The molecule has 31 heavy (non-hydrogen) atoms. The van der Waals surface area contributed by atoms with E-state index < -0.39 is 15.9 Å². The van der Waals surface area contributed by atoms with Gasteiger partial charge in [-0.15, -0.1) is 0 Å². The van der Waals surface area contributed by atoms with Crippen LogP contribution in [-0.2, 0) is 21.3 Å². The van der Waals surface area contributed by atoms with E-state index in [0.29, 0.717) is 40.8 Å². The number of carbonyl (C=O) groups excluding carboxylic acids is 1. The van der Waals surface area contributed by atoms with E-state index in [1.54, 1.807) is 24.3 Å². The van der Waals surface area contributed by atoms with E-state index in [-0.39, 0.29) is 10.5 Å². The Kier molecular flexibility index (Phi) is 7.11. The van der Waals surface area contributed by atoms with Gasteiger partial charge in [0.1, 0.15) is 11.5 Å². The Morgan fingerprint density at radius 3 is 2.58 bits per heavy atom. The summed E-state index contributed by atoms with van der Waals surface area (Å²) in [6.45, 7) is 3.28. The predicted molar refractivity (Wildman–Crippen MR) is 117 cm³/mol. The van der Waals surface area contributed by atoms with Gasteiger partial charge in [0, 0.05) is 19.2 Å². The second-order valence-electron chi connectivity index (χ2n) is 6.39. The molecule has 0 bridgehead atoms. The summed E-state index contributed by atoms with van der Waals surface area (Å²) in [5.41, 5.74) is 1.01. The molecule has 0 unspecified atom stereocenters. The van der Waals surface area contributed by atoms with Gasteiger partial charge < -0.3 is 18.8 Å².